The summed E-state index contributed by atoms with van der Waals surface area (Å²) in [5.74, 6) is 0.342. The third-order valence-electron chi connectivity index (χ3n) is 2.49. The maximum absolute atomic E-state index is 12.6. The van der Waals surface area contributed by atoms with E-state index in [4.69, 9.17) is 16.3 Å². The van der Waals surface area contributed by atoms with Gasteiger partial charge < -0.3 is 10.1 Å². The molecule has 0 fully saturated rings. The third kappa shape index (κ3) is 3.94. The van der Waals surface area contributed by atoms with E-state index in [1.165, 1.54) is 7.11 Å². The highest BCUT2D eigenvalue weighted by Crippen LogP contribution is 2.29. The van der Waals surface area contributed by atoms with Crippen molar-refractivity contribution in [2.45, 2.75) is 12.7 Å². The van der Waals surface area contributed by atoms with Crippen molar-refractivity contribution in [3.63, 3.8) is 0 Å². The lowest BCUT2D eigenvalue weighted by molar-refractivity contribution is -0.141. The van der Waals surface area contributed by atoms with Gasteiger partial charge in [0.15, 0.2) is 5.69 Å². The summed E-state index contributed by atoms with van der Waals surface area (Å²) < 4.78 is 42.9. The maximum Gasteiger partial charge on any atom is 0.433 e. The zero-order valence-electron chi connectivity index (χ0n) is 10.8. The predicted octanol–water partition coefficient (Wildman–Crippen LogP) is 3.16. The molecule has 2 heterocycles. The van der Waals surface area contributed by atoms with E-state index in [0.29, 0.717) is 11.4 Å². The average Bonchev–Trinajstić information content (AvgIpc) is 2.44. The molecule has 21 heavy (non-hydrogen) atoms. The van der Waals surface area contributed by atoms with Crippen LogP contribution in [0, 0.1) is 0 Å². The quantitative estimate of drug-likeness (QED) is 0.877. The van der Waals surface area contributed by atoms with Gasteiger partial charge in [0.25, 0.3) is 0 Å². The molecule has 0 amide bonds. The average molecular weight is 319 g/mol. The number of nitrogens with zero attached hydrogens (tertiary/aromatic N) is 3. The number of hydrogen-bond donors (Lipinski definition) is 1. The molecule has 1 N–H and O–H groups in total. The van der Waals surface area contributed by atoms with Crippen molar-refractivity contribution < 1.29 is 17.9 Å². The number of aromatic nitrogens is 3. The third-order valence-corrected chi connectivity index (χ3v) is 2.66. The Balaban J connectivity index is 2.19. The fourth-order valence-electron chi connectivity index (χ4n) is 1.58. The maximum atomic E-state index is 12.6. The minimum atomic E-state index is -4.59. The van der Waals surface area contributed by atoms with Gasteiger partial charge in [-0.15, -0.1) is 0 Å². The van der Waals surface area contributed by atoms with Crippen LogP contribution < -0.4 is 10.1 Å². The first-order chi connectivity index (χ1) is 9.90. The summed E-state index contributed by atoms with van der Waals surface area (Å²) in [7, 11) is 1.45. The lowest BCUT2D eigenvalue weighted by Crippen LogP contribution is -2.11. The minimum absolute atomic E-state index is 0.0340. The molecular weight excluding hydrogens is 309 g/mol. The van der Waals surface area contributed by atoms with E-state index in [-0.39, 0.29) is 12.4 Å². The molecule has 0 unspecified atom stereocenters. The molecule has 0 saturated carbocycles. The number of methoxy groups -OCH3 is 1. The molecule has 0 bridgehead atoms. The predicted molar refractivity (Wildman–Crippen MR) is 70.2 cm³/mol. The van der Waals surface area contributed by atoms with E-state index in [0.717, 1.165) is 6.07 Å². The van der Waals surface area contributed by atoms with Gasteiger partial charge in [0.1, 0.15) is 5.82 Å². The lowest BCUT2D eigenvalue weighted by atomic mass is 10.2. The van der Waals surface area contributed by atoms with Crippen LogP contribution in [0.2, 0.25) is 5.28 Å². The summed E-state index contributed by atoms with van der Waals surface area (Å²) in [5.41, 5.74) is -0.438. The van der Waals surface area contributed by atoms with Crippen LogP contribution in [0.3, 0.4) is 0 Å². The van der Waals surface area contributed by atoms with Gasteiger partial charge in [0, 0.05) is 24.4 Å². The summed E-state index contributed by atoms with van der Waals surface area (Å²) >= 11 is 5.50. The number of anilines is 1. The summed E-state index contributed by atoms with van der Waals surface area (Å²) in [6.45, 7) is 0.182. The SMILES string of the molecule is COc1ncccc1CNc1cc(C(F)(F)F)nc(Cl)n1. The Morgan fingerprint density at radius 3 is 2.76 bits per heavy atom. The highest BCUT2D eigenvalue weighted by Gasteiger charge is 2.33. The molecule has 0 spiro atoms. The van der Waals surface area contributed by atoms with Crippen LogP contribution >= 0.6 is 11.6 Å². The number of nitrogens with one attached hydrogen (secondary N) is 1. The number of alkyl halides is 3. The van der Waals surface area contributed by atoms with E-state index in [1.54, 1.807) is 18.3 Å². The molecule has 0 aliphatic heterocycles. The first-order valence-corrected chi connectivity index (χ1v) is 6.11. The topological polar surface area (TPSA) is 59.9 Å². The van der Waals surface area contributed by atoms with Crippen molar-refractivity contribution >= 4 is 17.4 Å². The second-order valence-corrected chi connectivity index (χ2v) is 4.27. The molecule has 2 aromatic rings. The number of hydrogen-bond acceptors (Lipinski definition) is 5. The molecule has 0 aliphatic rings. The second kappa shape index (κ2) is 6.13. The monoisotopic (exact) mass is 318 g/mol. The van der Waals surface area contributed by atoms with E-state index >= 15 is 0 Å². The zero-order valence-corrected chi connectivity index (χ0v) is 11.5. The normalized spacial score (nSPS) is 11.3. The minimum Gasteiger partial charge on any atom is -0.481 e. The molecule has 2 rings (SSSR count). The van der Waals surface area contributed by atoms with Gasteiger partial charge in [-0.2, -0.15) is 13.2 Å². The summed E-state index contributed by atoms with van der Waals surface area (Å²) in [6.07, 6.45) is -3.04. The van der Waals surface area contributed by atoms with Crippen LogP contribution in [0.25, 0.3) is 0 Å². The van der Waals surface area contributed by atoms with Crippen molar-refractivity contribution in [3.8, 4) is 5.88 Å². The molecule has 5 nitrogen and oxygen atoms in total. The number of rotatable bonds is 4. The molecule has 0 aliphatic carbocycles. The van der Waals surface area contributed by atoms with Gasteiger partial charge in [0.2, 0.25) is 11.2 Å². The van der Waals surface area contributed by atoms with Crippen molar-refractivity contribution in [2.24, 2.45) is 0 Å². The Morgan fingerprint density at radius 2 is 2.10 bits per heavy atom. The first kappa shape index (κ1) is 15.3. The number of halogens is 4. The van der Waals surface area contributed by atoms with Gasteiger partial charge in [-0.1, -0.05) is 6.07 Å². The zero-order chi connectivity index (χ0) is 15.5. The fourth-order valence-corrected chi connectivity index (χ4v) is 1.76. The van der Waals surface area contributed by atoms with E-state index in [9.17, 15) is 13.2 Å². The molecule has 2 aromatic heterocycles. The van der Waals surface area contributed by atoms with Gasteiger partial charge in [-0.05, 0) is 17.7 Å². The largest absolute Gasteiger partial charge is 0.481 e. The van der Waals surface area contributed by atoms with Crippen molar-refractivity contribution in [1.82, 2.24) is 15.0 Å². The van der Waals surface area contributed by atoms with Crippen LogP contribution in [0.5, 0.6) is 5.88 Å². The van der Waals surface area contributed by atoms with Gasteiger partial charge in [-0.25, -0.2) is 15.0 Å². The number of ether oxygens (including phenoxy) is 1. The first-order valence-electron chi connectivity index (χ1n) is 5.73. The molecule has 0 aromatic carbocycles. The Hall–Kier alpha value is -2.09. The molecule has 9 heteroatoms. The van der Waals surface area contributed by atoms with Gasteiger partial charge in [-0.3, -0.25) is 0 Å². The highest BCUT2D eigenvalue weighted by molar-refractivity contribution is 6.28. The summed E-state index contributed by atoms with van der Waals surface area (Å²) in [5, 5.41) is 2.25. The van der Waals surface area contributed by atoms with E-state index in [2.05, 4.69) is 20.3 Å². The van der Waals surface area contributed by atoms with Crippen molar-refractivity contribution in [3.05, 3.63) is 40.9 Å². The molecule has 0 saturated heterocycles. The Labute approximate surface area is 123 Å². The van der Waals surface area contributed by atoms with Crippen LogP contribution in [0.4, 0.5) is 19.0 Å². The van der Waals surface area contributed by atoms with Gasteiger partial charge >= 0.3 is 6.18 Å². The van der Waals surface area contributed by atoms with Gasteiger partial charge in [0.05, 0.1) is 7.11 Å². The summed E-state index contributed by atoms with van der Waals surface area (Å²) in [6, 6.07) is 4.20. The van der Waals surface area contributed by atoms with Crippen molar-refractivity contribution in [2.75, 3.05) is 12.4 Å². The molecule has 112 valence electrons. The van der Waals surface area contributed by atoms with Crippen LogP contribution in [-0.4, -0.2) is 22.1 Å². The van der Waals surface area contributed by atoms with Crippen molar-refractivity contribution in [1.29, 1.82) is 0 Å². The molecule has 0 atom stereocenters. The standard InChI is InChI=1S/C12H10ClF3N4O/c1-21-10-7(3-2-4-17-10)6-18-9-5-8(12(14,15)16)19-11(13)20-9/h2-5H,6H2,1H3,(H,18,19,20). The van der Waals surface area contributed by atoms with Crippen LogP contribution in [-0.2, 0) is 12.7 Å². The lowest BCUT2D eigenvalue weighted by Gasteiger charge is -2.11. The fraction of sp³-hybridized carbons (Fsp3) is 0.250. The Kier molecular flexibility index (Phi) is 4.46. The number of pyridine rings is 1. The highest BCUT2D eigenvalue weighted by atomic mass is 35.5. The summed E-state index contributed by atoms with van der Waals surface area (Å²) in [4.78, 5) is 10.8. The van der Waals surface area contributed by atoms with E-state index < -0.39 is 17.2 Å². The van der Waals surface area contributed by atoms with Crippen LogP contribution in [0.15, 0.2) is 24.4 Å². The van der Waals surface area contributed by atoms with Crippen LogP contribution in [0.1, 0.15) is 11.3 Å². The molecule has 0 radical (unpaired) electrons. The van der Waals surface area contributed by atoms with E-state index in [1.807, 2.05) is 0 Å². The Bertz CT molecular complexity index is 636. The molecular formula is C12H10ClF3N4O. The smallest absolute Gasteiger partial charge is 0.433 e. The Morgan fingerprint density at radius 1 is 1.33 bits per heavy atom. The second-order valence-electron chi connectivity index (χ2n) is 3.93.